The molecule has 1 saturated heterocycles. The summed E-state index contributed by atoms with van der Waals surface area (Å²) in [6.45, 7) is 9.14. The standard InChI is InChI=1S/C13H27N5O2/c1-5-20-10-6-7-15-12(16-14)18-9-8-17(4)11(19)13(18,2)3/h5-10,14H2,1-4H3,(H,15,16). The second kappa shape index (κ2) is 7.44. The third-order valence-electron chi connectivity index (χ3n) is 3.50. The molecule has 1 aliphatic heterocycles. The van der Waals surface area contributed by atoms with E-state index in [9.17, 15) is 4.79 Å². The van der Waals surface area contributed by atoms with Crippen molar-refractivity contribution in [2.24, 2.45) is 10.8 Å². The molecule has 1 aliphatic rings. The van der Waals surface area contributed by atoms with Gasteiger partial charge in [-0.15, -0.1) is 0 Å². The van der Waals surface area contributed by atoms with E-state index >= 15 is 0 Å². The second-order valence-corrected chi connectivity index (χ2v) is 5.34. The molecule has 116 valence electrons. The number of hydrogen-bond acceptors (Lipinski definition) is 4. The molecule has 1 heterocycles. The number of nitrogens with zero attached hydrogens (tertiary/aromatic N) is 3. The van der Waals surface area contributed by atoms with E-state index in [0.29, 0.717) is 38.8 Å². The summed E-state index contributed by atoms with van der Waals surface area (Å²) in [4.78, 5) is 20.3. The fourth-order valence-electron chi connectivity index (χ4n) is 2.29. The third kappa shape index (κ3) is 3.83. The van der Waals surface area contributed by atoms with Crippen molar-refractivity contribution in [3.05, 3.63) is 0 Å². The van der Waals surface area contributed by atoms with Crippen LogP contribution in [0.2, 0.25) is 0 Å². The smallest absolute Gasteiger partial charge is 0.247 e. The summed E-state index contributed by atoms with van der Waals surface area (Å²) in [7, 11) is 1.82. The molecule has 0 atom stereocenters. The Hall–Kier alpha value is -1.34. The lowest BCUT2D eigenvalue weighted by molar-refractivity contribution is -0.143. The molecule has 0 aromatic carbocycles. The van der Waals surface area contributed by atoms with Crippen LogP contribution in [-0.2, 0) is 9.53 Å². The van der Waals surface area contributed by atoms with Crippen LogP contribution in [0, 0.1) is 0 Å². The van der Waals surface area contributed by atoms with Crippen LogP contribution in [0.5, 0.6) is 0 Å². The van der Waals surface area contributed by atoms with Gasteiger partial charge in [-0.05, 0) is 27.2 Å². The summed E-state index contributed by atoms with van der Waals surface area (Å²) in [6, 6.07) is 0. The van der Waals surface area contributed by atoms with Gasteiger partial charge in [-0.3, -0.25) is 15.2 Å². The SMILES string of the molecule is CCOCCCN=C(NN)N1CCN(C)C(=O)C1(C)C. The van der Waals surface area contributed by atoms with Crippen molar-refractivity contribution < 1.29 is 9.53 Å². The Morgan fingerprint density at radius 1 is 1.50 bits per heavy atom. The topological polar surface area (TPSA) is 83.2 Å². The van der Waals surface area contributed by atoms with Crippen LogP contribution in [-0.4, -0.2) is 67.1 Å². The highest BCUT2D eigenvalue weighted by Crippen LogP contribution is 2.21. The monoisotopic (exact) mass is 285 g/mol. The number of piperazine rings is 1. The molecule has 0 spiro atoms. The van der Waals surface area contributed by atoms with Gasteiger partial charge >= 0.3 is 0 Å². The van der Waals surface area contributed by atoms with Gasteiger partial charge in [-0.2, -0.15) is 0 Å². The van der Waals surface area contributed by atoms with E-state index in [0.717, 1.165) is 6.42 Å². The van der Waals surface area contributed by atoms with E-state index in [2.05, 4.69) is 10.4 Å². The summed E-state index contributed by atoms with van der Waals surface area (Å²) in [6.07, 6.45) is 0.834. The van der Waals surface area contributed by atoms with E-state index in [1.54, 1.807) is 4.90 Å². The molecule has 1 fully saturated rings. The zero-order chi connectivity index (χ0) is 15.2. The maximum Gasteiger partial charge on any atom is 0.247 e. The summed E-state index contributed by atoms with van der Waals surface area (Å²) in [5.41, 5.74) is 1.98. The van der Waals surface area contributed by atoms with E-state index in [4.69, 9.17) is 10.6 Å². The number of nitrogens with one attached hydrogen (secondary N) is 1. The zero-order valence-electron chi connectivity index (χ0n) is 13.0. The number of amides is 1. The third-order valence-corrected chi connectivity index (χ3v) is 3.50. The quantitative estimate of drug-likeness (QED) is 0.240. The first kappa shape index (κ1) is 16.7. The van der Waals surface area contributed by atoms with E-state index < -0.39 is 5.54 Å². The zero-order valence-corrected chi connectivity index (χ0v) is 13.0. The van der Waals surface area contributed by atoms with E-state index in [1.807, 2.05) is 32.7 Å². The van der Waals surface area contributed by atoms with Crippen LogP contribution in [0.3, 0.4) is 0 Å². The van der Waals surface area contributed by atoms with Crippen molar-refractivity contribution in [2.75, 3.05) is 39.9 Å². The van der Waals surface area contributed by atoms with Crippen LogP contribution in [0.1, 0.15) is 27.2 Å². The van der Waals surface area contributed by atoms with Crippen molar-refractivity contribution in [3.63, 3.8) is 0 Å². The molecule has 7 heteroatoms. The highest BCUT2D eigenvalue weighted by Gasteiger charge is 2.41. The maximum atomic E-state index is 12.2. The van der Waals surface area contributed by atoms with Crippen LogP contribution in [0.4, 0.5) is 0 Å². The number of likely N-dealkylation sites (N-methyl/N-ethyl adjacent to an activating group) is 1. The van der Waals surface area contributed by atoms with Crippen LogP contribution < -0.4 is 11.3 Å². The van der Waals surface area contributed by atoms with E-state index in [1.165, 1.54) is 0 Å². The molecular weight excluding hydrogens is 258 g/mol. The van der Waals surface area contributed by atoms with Gasteiger partial charge in [0.15, 0.2) is 0 Å². The van der Waals surface area contributed by atoms with Crippen LogP contribution in [0.15, 0.2) is 4.99 Å². The Labute approximate surface area is 121 Å². The number of hydrogen-bond donors (Lipinski definition) is 2. The molecule has 0 radical (unpaired) electrons. The summed E-state index contributed by atoms with van der Waals surface area (Å²) in [5.74, 6) is 6.20. The lowest BCUT2D eigenvalue weighted by atomic mass is 9.98. The van der Waals surface area contributed by atoms with E-state index in [-0.39, 0.29) is 5.91 Å². The van der Waals surface area contributed by atoms with Crippen molar-refractivity contribution in [1.82, 2.24) is 15.2 Å². The average Bonchev–Trinajstić information content (AvgIpc) is 2.42. The minimum Gasteiger partial charge on any atom is -0.382 e. The summed E-state index contributed by atoms with van der Waals surface area (Å²) < 4.78 is 5.27. The second-order valence-electron chi connectivity index (χ2n) is 5.34. The fourth-order valence-corrected chi connectivity index (χ4v) is 2.29. The molecule has 0 saturated carbocycles. The lowest BCUT2D eigenvalue weighted by Crippen LogP contribution is -2.66. The Kier molecular flexibility index (Phi) is 6.22. The molecule has 0 aromatic heterocycles. The van der Waals surface area contributed by atoms with Crippen molar-refractivity contribution in [3.8, 4) is 0 Å². The first-order chi connectivity index (χ1) is 9.45. The molecule has 1 amide bonds. The Morgan fingerprint density at radius 3 is 2.80 bits per heavy atom. The van der Waals surface area contributed by atoms with Gasteiger partial charge in [-0.25, -0.2) is 5.84 Å². The number of hydrazine groups is 1. The molecule has 20 heavy (non-hydrogen) atoms. The predicted octanol–water partition coefficient (Wildman–Crippen LogP) is -0.215. The Balaban J connectivity index is 2.68. The molecule has 7 nitrogen and oxygen atoms in total. The van der Waals surface area contributed by atoms with Crippen molar-refractivity contribution >= 4 is 11.9 Å². The number of guanidine groups is 1. The van der Waals surface area contributed by atoms with Crippen LogP contribution >= 0.6 is 0 Å². The van der Waals surface area contributed by atoms with Gasteiger partial charge in [0.25, 0.3) is 0 Å². The van der Waals surface area contributed by atoms with Gasteiger partial charge in [0.1, 0.15) is 5.54 Å². The van der Waals surface area contributed by atoms with Gasteiger partial charge in [0.2, 0.25) is 11.9 Å². The number of nitrogens with two attached hydrogens (primary N) is 1. The maximum absolute atomic E-state index is 12.2. The molecule has 1 rings (SSSR count). The molecular formula is C13H27N5O2. The van der Waals surface area contributed by atoms with Gasteiger partial charge in [0, 0.05) is 39.9 Å². The normalized spacial score (nSPS) is 19.4. The molecule has 0 unspecified atom stereocenters. The number of rotatable bonds is 5. The minimum atomic E-state index is -0.641. The van der Waals surface area contributed by atoms with Gasteiger partial charge < -0.3 is 14.5 Å². The average molecular weight is 285 g/mol. The van der Waals surface area contributed by atoms with Crippen LogP contribution in [0.25, 0.3) is 0 Å². The van der Waals surface area contributed by atoms with Gasteiger partial charge in [0.05, 0.1) is 0 Å². The molecule has 0 bridgehead atoms. The number of carbonyl (C=O) groups is 1. The summed E-state index contributed by atoms with van der Waals surface area (Å²) in [5, 5.41) is 0. The predicted molar refractivity (Wildman–Crippen MR) is 79.2 cm³/mol. The van der Waals surface area contributed by atoms with Gasteiger partial charge in [-0.1, -0.05) is 0 Å². The highest BCUT2D eigenvalue weighted by atomic mass is 16.5. The number of ether oxygens (including phenoxy) is 1. The first-order valence-corrected chi connectivity index (χ1v) is 7.07. The van der Waals surface area contributed by atoms with Crippen molar-refractivity contribution in [1.29, 1.82) is 0 Å². The molecule has 0 aliphatic carbocycles. The lowest BCUT2D eigenvalue weighted by Gasteiger charge is -2.45. The molecule has 0 aromatic rings. The Bertz CT molecular complexity index is 357. The minimum absolute atomic E-state index is 0.0704. The highest BCUT2D eigenvalue weighted by molar-refractivity contribution is 5.92. The summed E-state index contributed by atoms with van der Waals surface area (Å²) >= 11 is 0. The molecule has 3 N–H and O–H groups in total. The fraction of sp³-hybridized carbons (Fsp3) is 0.846. The van der Waals surface area contributed by atoms with Crippen molar-refractivity contribution in [2.45, 2.75) is 32.7 Å². The largest absolute Gasteiger partial charge is 0.382 e. The number of aliphatic imine (C=N–C) groups is 1. The first-order valence-electron chi connectivity index (χ1n) is 7.07. The Morgan fingerprint density at radius 2 is 2.20 bits per heavy atom. The number of carbonyl (C=O) groups excluding carboxylic acids is 1.